The van der Waals surface area contributed by atoms with E-state index in [1.54, 1.807) is 59.7 Å². The number of carbonyl (C=O) groups excluding carboxylic acids is 2. The number of aryl methyl sites for hydroxylation is 1. The molecule has 2 aromatic carbocycles. The van der Waals surface area contributed by atoms with Crippen LogP contribution in [0.15, 0.2) is 55.1 Å². The number of hydrogen-bond acceptors (Lipinski definition) is 5. The molecule has 8 nitrogen and oxygen atoms in total. The van der Waals surface area contributed by atoms with Crippen molar-refractivity contribution in [3.8, 4) is 5.75 Å². The molecule has 0 unspecified atom stereocenters. The predicted molar refractivity (Wildman–Crippen MR) is 104 cm³/mol. The van der Waals surface area contributed by atoms with Crippen molar-refractivity contribution in [3.05, 3.63) is 71.8 Å². The first-order chi connectivity index (χ1) is 13.6. The normalized spacial score (nSPS) is 10.4. The molecule has 0 fully saturated rings. The average molecular weight is 379 g/mol. The van der Waals surface area contributed by atoms with E-state index in [1.165, 1.54) is 7.11 Å². The summed E-state index contributed by atoms with van der Waals surface area (Å²) in [5, 5.41) is 13.1. The minimum Gasteiger partial charge on any atom is -0.496 e. The summed E-state index contributed by atoms with van der Waals surface area (Å²) in [7, 11) is 1.52. The summed E-state index contributed by atoms with van der Waals surface area (Å²) >= 11 is 0. The van der Waals surface area contributed by atoms with Crippen LogP contribution >= 0.6 is 0 Å². The molecule has 0 saturated heterocycles. The van der Waals surface area contributed by atoms with Gasteiger partial charge in [-0.05, 0) is 36.8 Å². The zero-order chi connectivity index (χ0) is 19.9. The highest BCUT2D eigenvalue weighted by Crippen LogP contribution is 2.22. The van der Waals surface area contributed by atoms with E-state index in [1.807, 2.05) is 6.92 Å². The molecule has 0 bridgehead atoms. The van der Waals surface area contributed by atoms with Crippen LogP contribution in [0.3, 0.4) is 0 Å². The molecule has 8 heteroatoms. The van der Waals surface area contributed by atoms with Crippen molar-refractivity contribution in [3.63, 3.8) is 0 Å². The molecular weight excluding hydrogens is 358 g/mol. The molecule has 144 valence electrons. The number of methoxy groups -OCH3 is 1. The molecule has 0 aliphatic rings. The minimum atomic E-state index is -0.300. The van der Waals surface area contributed by atoms with Crippen molar-refractivity contribution in [2.45, 2.75) is 13.5 Å². The fourth-order valence-electron chi connectivity index (χ4n) is 2.66. The predicted octanol–water partition coefficient (Wildman–Crippen LogP) is 2.28. The molecule has 1 aromatic heterocycles. The van der Waals surface area contributed by atoms with Crippen molar-refractivity contribution in [2.24, 2.45) is 0 Å². The first-order valence-corrected chi connectivity index (χ1v) is 8.74. The second-order valence-corrected chi connectivity index (χ2v) is 6.14. The number of amides is 2. The molecule has 3 aromatic rings. The molecular formula is C20H21N5O3. The van der Waals surface area contributed by atoms with Gasteiger partial charge in [-0.1, -0.05) is 18.2 Å². The molecule has 0 spiro atoms. The first kappa shape index (κ1) is 19.1. The number of ether oxygens (including phenoxy) is 1. The van der Waals surface area contributed by atoms with E-state index in [0.717, 1.165) is 5.56 Å². The van der Waals surface area contributed by atoms with Crippen molar-refractivity contribution in [1.29, 1.82) is 0 Å². The summed E-state index contributed by atoms with van der Waals surface area (Å²) in [6, 6.07) is 12.2. The number of aromatic nitrogens is 3. The van der Waals surface area contributed by atoms with Gasteiger partial charge in [0.15, 0.2) is 0 Å². The summed E-state index contributed by atoms with van der Waals surface area (Å²) < 4.78 is 7.01. The lowest BCUT2D eigenvalue weighted by Gasteiger charge is -2.13. The molecule has 28 heavy (non-hydrogen) atoms. The fourth-order valence-corrected chi connectivity index (χ4v) is 2.66. The van der Waals surface area contributed by atoms with Gasteiger partial charge >= 0.3 is 0 Å². The number of hydrogen-bond donors (Lipinski definition) is 2. The highest BCUT2D eigenvalue weighted by molar-refractivity contribution is 6.07. The van der Waals surface area contributed by atoms with Gasteiger partial charge in [0.05, 0.1) is 12.7 Å². The van der Waals surface area contributed by atoms with Crippen LogP contribution in [0.4, 0.5) is 5.69 Å². The Bertz CT molecular complexity index is 970. The van der Waals surface area contributed by atoms with Gasteiger partial charge in [-0.2, -0.15) is 0 Å². The lowest BCUT2D eigenvalue weighted by atomic mass is 10.1. The molecule has 0 aliphatic carbocycles. The standard InChI is InChI=1S/C20H21N5O3/c1-14-7-8-15(19(26)21-9-10-25-12-22-23-13-25)11-17(14)24-20(27)16-5-3-4-6-18(16)28-2/h3-8,11-13H,9-10H2,1-2H3,(H,21,26)(H,24,27). The van der Waals surface area contributed by atoms with Gasteiger partial charge in [0, 0.05) is 24.3 Å². The molecule has 2 N–H and O–H groups in total. The maximum atomic E-state index is 12.6. The summed E-state index contributed by atoms with van der Waals surface area (Å²) in [6.45, 7) is 2.88. The lowest BCUT2D eigenvalue weighted by molar-refractivity contribution is 0.0950. The van der Waals surface area contributed by atoms with Gasteiger partial charge in [0.2, 0.25) is 0 Å². The monoisotopic (exact) mass is 379 g/mol. The number of rotatable bonds is 7. The Morgan fingerprint density at radius 2 is 1.82 bits per heavy atom. The number of nitrogens with one attached hydrogen (secondary N) is 2. The Morgan fingerprint density at radius 3 is 2.57 bits per heavy atom. The maximum absolute atomic E-state index is 12.6. The Morgan fingerprint density at radius 1 is 1.07 bits per heavy atom. The zero-order valence-corrected chi connectivity index (χ0v) is 15.7. The van der Waals surface area contributed by atoms with E-state index in [4.69, 9.17) is 4.74 Å². The lowest BCUT2D eigenvalue weighted by Crippen LogP contribution is -2.27. The molecule has 2 amide bonds. The van der Waals surface area contributed by atoms with Crippen molar-refractivity contribution in [1.82, 2.24) is 20.1 Å². The van der Waals surface area contributed by atoms with Crippen molar-refractivity contribution < 1.29 is 14.3 Å². The summed E-state index contributed by atoms with van der Waals surface area (Å²) in [6.07, 6.45) is 3.17. The fraction of sp³-hybridized carbons (Fsp3) is 0.200. The SMILES string of the molecule is COc1ccccc1C(=O)Nc1cc(C(=O)NCCn2cnnc2)ccc1C. The molecule has 0 radical (unpaired) electrons. The smallest absolute Gasteiger partial charge is 0.259 e. The van der Waals surface area contributed by atoms with Crippen LogP contribution in [0, 0.1) is 6.92 Å². The van der Waals surface area contributed by atoms with Crippen LogP contribution in [0.1, 0.15) is 26.3 Å². The Balaban J connectivity index is 1.68. The van der Waals surface area contributed by atoms with Gasteiger partial charge < -0.3 is 19.9 Å². The third-order valence-electron chi connectivity index (χ3n) is 4.22. The number of para-hydroxylation sites is 1. The number of anilines is 1. The quantitative estimate of drug-likeness (QED) is 0.656. The Labute approximate surface area is 162 Å². The Kier molecular flexibility index (Phi) is 6.01. The third-order valence-corrected chi connectivity index (χ3v) is 4.22. The van der Waals surface area contributed by atoms with Crippen LogP contribution in [0.2, 0.25) is 0 Å². The van der Waals surface area contributed by atoms with Crippen LogP contribution in [-0.4, -0.2) is 40.2 Å². The number of carbonyl (C=O) groups is 2. The average Bonchev–Trinajstić information content (AvgIpc) is 3.23. The van der Waals surface area contributed by atoms with Crippen LogP contribution in [0.25, 0.3) is 0 Å². The largest absolute Gasteiger partial charge is 0.496 e. The summed E-state index contributed by atoms with van der Waals surface area (Å²) in [5.41, 5.74) is 2.31. The third kappa shape index (κ3) is 4.53. The zero-order valence-electron chi connectivity index (χ0n) is 15.7. The van der Waals surface area contributed by atoms with E-state index in [2.05, 4.69) is 20.8 Å². The molecule has 1 heterocycles. The second-order valence-electron chi connectivity index (χ2n) is 6.14. The first-order valence-electron chi connectivity index (χ1n) is 8.74. The highest BCUT2D eigenvalue weighted by atomic mass is 16.5. The van der Waals surface area contributed by atoms with E-state index in [-0.39, 0.29) is 11.8 Å². The summed E-state index contributed by atoms with van der Waals surface area (Å²) in [5.74, 6) is -0.0351. The maximum Gasteiger partial charge on any atom is 0.259 e. The molecule has 0 saturated carbocycles. The molecule has 0 aliphatic heterocycles. The summed E-state index contributed by atoms with van der Waals surface area (Å²) in [4.78, 5) is 25.0. The van der Waals surface area contributed by atoms with Gasteiger partial charge in [-0.15, -0.1) is 10.2 Å². The van der Waals surface area contributed by atoms with E-state index in [0.29, 0.717) is 35.7 Å². The van der Waals surface area contributed by atoms with E-state index >= 15 is 0 Å². The Hall–Kier alpha value is -3.68. The van der Waals surface area contributed by atoms with Crippen molar-refractivity contribution >= 4 is 17.5 Å². The minimum absolute atomic E-state index is 0.221. The van der Waals surface area contributed by atoms with Crippen LogP contribution in [-0.2, 0) is 6.54 Å². The van der Waals surface area contributed by atoms with Gasteiger partial charge in [-0.3, -0.25) is 9.59 Å². The van der Waals surface area contributed by atoms with Gasteiger partial charge in [-0.25, -0.2) is 0 Å². The topological polar surface area (TPSA) is 98.1 Å². The molecule has 0 atom stereocenters. The van der Waals surface area contributed by atoms with Crippen LogP contribution in [0.5, 0.6) is 5.75 Å². The molecule has 3 rings (SSSR count). The number of benzene rings is 2. The van der Waals surface area contributed by atoms with Gasteiger partial charge in [0.1, 0.15) is 18.4 Å². The van der Waals surface area contributed by atoms with E-state index in [9.17, 15) is 9.59 Å². The highest BCUT2D eigenvalue weighted by Gasteiger charge is 2.14. The second kappa shape index (κ2) is 8.81. The van der Waals surface area contributed by atoms with Gasteiger partial charge in [0.25, 0.3) is 11.8 Å². The van der Waals surface area contributed by atoms with Crippen molar-refractivity contribution in [2.75, 3.05) is 19.0 Å². The number of nitrogens with zero attached hydrogens (tertiary/aromatic N) is 3. The van der Waals surface area contributed by atoms with E-state index < -0.39 is 0 Å². The van der Waals surface area contributed by atoms with Crippen LogP contribution < -0.4 is 15.4 Å².